The normalized spacial score (nSPS) is 12.0. The number of alkyl halides is 1. The molecule has 1 rings (SSSR count). The van der Waals surface area contributed by atoms with Crippen LogP contribution in [0.5, 0.6) is 5.75 Å². The van der Waals surface area contributed by atoms with Crippen molar-refractivity contribution < 1.29 is 28.2 Å². The Hall–Kier alpha value is -2.64. The molecule has 8 heteroatoms. The number of halogens is 1. The third-order valence-corrected chi connectivity index (χ3v) is 3.99. The largest absolute Gasteiger partial charge is 0.444 e. The number of carbonyl (C=O) groups excluding carboxylic acids is 3. The Labute approximate surface area is 177 Å². The first kappa shape index (κ1) is 25.4. The van der Waals surface area contributed by atoms with E-state index in [0.717, 1.165) is 25.7 Å². The van der Waals surface area contributed by atoms with E-state index in [9.17, 15) is 18.8 Å². The summed E-state index contributed by atoms with van der Waals surface area (Å²) in [5.74, 6) is -0.753. The minimum absolute atomic E-state index is 0.206. The first-order valence-corrected chi connectivity index (χ1v) is 10.3. The summed E-state index contributed by atoms with van der Waals surface area (Å²) in [6.07, 6.45) is 1.29. The summed E-state index contributed by atoms with van der Waals surface area (Å²) in [7, 11) is 0. The highest BCUT2D eigenvalue weighted by Gasteiger charge is 2.19. The molecule has 1 atom stereocenters. The van der Waals surface area contributed by atoms with Gasteiger partial charge in [0.05, 0.1) is 0 Å². The van der Waals surface area contributed by atoms with Crippen molar-refractivity contribution in [3.8, 4) is 5.75 Å². The average molecular weight is 425 g/mol. The van der Waals surface area contributed by atoms with Crippen molar-refractivity contribution in [3.05, 3.63) is 29.8 Å². The van der Waals surface area contributed by atoms with Gasteiger partial charge in [-0.3, -0.25) is 9.59 Å². The molecule has 0 spiro atoms. The Balaban J connectivity index is 2.18. The van der Waals surface area contributed by atoms with Crippen LogP contribution < -0.4 is 15.4 Å². The van der Waals surface area contributed by atoms with E-state index in [2.05, 4.69) is 10.6 Å². The minimum Gasteiger partial charge on any atom is -0.444 e. The van der Waals surface area contributed by atoms with Gasteiger partial charge in [0, 0.05) is 19.5 Å². The third kappa shape index (κ3) is 10.8. The molecule has 30 heavy (non-hydrogen) atoms. The molecule has 0 aliphatic heterocycles. The summed E-state index contributed by atoms with van der Waals surface area (Å²) >= 11 is 0. The van der Waals surface area contributed by atoms with Crippen molar-refractivity contribution >= 4 is 18.0 Å². The van der Waals surface area contributed by atoms with E-state index >= 15 is 0 Å². The SMILES string of the molecule is CCC(=O)Oc1ccc(C(F)C(=O)NCCCCCCNC(=O)OC(C)(C)C)cc1. The van der Waals surface area contributed by atoms with E-state index in [1.165, 1.54) is 24.3 Å². The molecule has 2 amide bonds. The quantitative estimate of drug-likeness (QED) is 0.315. The first-order valence-electron chi connectivity index (χ1n) is 10.3. The van der Waals surface area contributed by atoms with E-state index in [-0.39, 0.29) is 18.0 Å². The Morgan fingerprint density at radius 3 is 2.07 bits per heavy atom. The van der Waals surface area contributed by atoms with Gasteiger partial charge in [-0.15, -0.1) is 0 Å². The Kier molecular flexibility index (Phi) is 10.9. The van der Waals surface area contributed by atoms with Crippen LogP contribution in [0.15, 0.2) is 24.3 Å². The number of rotatable bonds is 11. The highest BCUT2D eigenvalue weighted by atomic mass is 19.1. The van der Waals surface area contributed by atoms with Gasteiger partial charge in [-0.1, -0.05) is 31.9 Å². The number of esters is 1. The molecule has 0 aromatic heterocycles. The minimum atomic E-state index is -1.78. The maximum Gasteiger partial charge on any atom is 0.407 e. The van der Waals surface area contributed by atoms with Crippen molar-refractivity contribution in [3.63, 3.8) is 0 Å². The van der Waals surface area contributed by atoms with Crippen molar-refractivity contribution in [2.24, 2.45) is 0 Å². The van der Waals surface area contributed by atoms with E-state index in [1.807, 2.05) is 20.8 Å². The van der Waals surface area contributed by atoms with Gasteiger partial charge in [0.2, 0.25) is 6.17 Å². The van der Waals surface area contributed by atoms with Gasteiger partial charge in [0.1, 0.15) is 11.4 Å². The lowest BCUT2D eigenvalue weighted by atomic mass is 10.1. The highest BCUT2D eigenvalue weighted by Crippen LogP contribution is 2.21. The van der Waals surface area contributed by atoms with Crippen molar-refractivity contribution in [2.45, 2.75) is 71.6 Å². The van der Waals surface area contributed by atoms with Gasteiger partial charge in [-0.2, -0.15) is 0 Å². The van der Waals surface area contributed by atoms with E-state index in [1.54, 1.807) is 6.92 Å². The molecule has 1 unspecified atom stereocenters. The van der Waals surface area contributed by atoms with Crippen LogP contribution >= 0.6 is 0 Å². The second-order valence-electron chi connectivity index (χ2n) is 7.89. The topological polar surface area (TPSA) is 93.7 Å². The number of amides is 2. The molecular weight excluding hydrogens is 391 g/mol. The Morgan fingerprint density at radius 2 is 1.53 bits per heavy atom. The van der Waals surface area contributed by atoms with Gasteiger partial charge in [0.25, 0.3) is 5.91 Å². The lowest BCUT2D eigenvalue weighted by Crippen LogP contribution is -2.33. The molecule has 1 aromatic carbocycles. The molecule has 168 valence electrons. The molecule has 7 nitrogen and oxygen atoms in total. The summed E-state index contributed by atoms with van der Waals surface area (Å²) in [6.45, 7) is 8.01. The molecular formula is C22H33FN2O5. The van der Waals surface area contributed by atoms with Gasteiger partial charge >= 0.3 is 12.1 Å². The van der Waals surface area contributed by atoms with Crippen LogP contribution in [0.1, 0.15) is 71.5 Å². The van der Waals surface area contributed by atoms with Crippen LogP contribution in [-0.2, 0) is 14.3 Å². The summed E-state index contributed by atoms with van der Waals surface area (Å²) in [6, 6.07) is 5.79. The molecule has 0 radical (unpaired) electrons. The number of ether oxygens (including phenoxy) is 2. The Bertz CT molecular complexity index is 686. The number of unbranched alkanes of at least 4 members (excludes halogenated alkanes) is 3. The first-order chi connectivity index (χ1) is 14.1. The van der Waals surface area contributed by atoms with Crippen molar-refractivity contribution in [1.29, 1.82) is 0 Å². The summed E-state index contributed by atoms with van der Waals surface area (Å²) in [4.78, 5) is 34.7. The van der Waals surface area contributed by atoms with E-state index < -0.39 is 23.8 Å². The van der Waals surface area contributed by atoms with Gasteiger partial charge < -0.3 is 20.1 Å². The zero-order valence-electron chi connectivity index (χ0n) is 18.3. The summed E-state index contributed by atoms with van der Waals surface area (Å²) < 4.78 is 24.4. The fraction of sp³-hybridized carbons (Fsp3) is 0.591. The maximum absolute atomic E-state index is 14.3. The lowest BCUT2D eigenvalue weighted by molar-refractivity contribution is -0.134. The predicted molar refractivity (Wildman–Crippen MR) is 112 cm³/mol. The smallest absolute Gasteiger partial charge is 0.407 e. The summed E-state index contributed by atoms with van der Waals surface area (Å²) in [5.41, 5.74) is -0.308. The number of nitrogens with one attached hydrogen (secondary N) is 2. The molecule has 0 aliphatic carbocycles. The molecule has 0 aliphatic rings. The predicted octanol–water partition coefficient (Wildman–Crippen LogP) is 4.21. The summed E-state index contributed by atoms with van der Waals surface area (Å²) in [5, 5.41) is 5.27. The number of hydrogen-bond acceptors (Lipinski definition) is 5. The average Bonchev–Trinajstić information content (AvgIpc) is 2.68. The molecule has 0 saturated heterocycles. The zero-order chi connectivity index (χ0) is 22.6. The third-order valence-electron chi connectivity index (χ3n) is 3.99. The highest BCUT2D eigenvalue weighted by molar-refractivity contribution is 5.82. The number of carbonyl (C=O) groups is 3. The van der Waals surface area contributed by atoms with E-state index in [4.69, 9.17) is 9.47 Å². The Morgan fingerprint density at radius 1 is 0.967 bits per heavy atom. The molecule has 0 saturated carbocycles. The van der Waals surface area contributed by atoms with Gasteiger partial charge in [-0.25, -0.2) is 9.18 Å². The lowest BCUT2D eigenvalue weighted by Gasteiger charge is -2.19. The molecule has 2 N–H and O–H groups in total. The van der Waals surface area contributed by atoms with Crippen LogP contribution in [-0.4, -0.2) is 36.7 Å². The molecule has 0 fully saturated rings. The van der Waals surface area contributed by atoms with Crippen molar-refractivity contribution in [2.75, 3.05) is 13.1 Å². The van der Waals surface area contributed by atoms with Gasteiger partial charge in [0.15, 0.2) is 0 Å². The second kappa shape index (κ2) is 12.8. The van der Waals surface area contributed by atoms with Gasteiger partial charge in [-0.05, 0) is 51.3 Å². The zero-order valence-corrected chi connectivity index (χ0v) is 18.3. The van der Waals surface area contributed by atoms with Crippen LogP contribution in [0.3, 0.4) is 0 Å². The number of alkyl carbamates (subject to hydrolysis) is 1. The molecule has 0 bridgehead atoms. The number of benzene rings is 1. The fourth-order valence-corrected chi connectivity index (χ4v) is 2.47. The fourth-order valence-electron chi connectivity index (χ4n) is 2.47. The second-order valence-corrected chi connectivity index (χ2v) is 7.89. The monoisotopic (exact) mass is 424 g/mol. The number of hydrogen-bond donors (Lipinski definition) is 2. The van der Waals surface area contributed by atoms with Crippen molar-refractivity contribution in [1.82, 2.24) is 10.6 Å². The standard InChI is InChI=1S/C22H33FN2O5/c1-5-18(26)29-17-12-10-16(11-13-17)19(23)20(27)24-14-8-6-7-9-15-25-21(28)30-22(2,3)4/h10-13,19H,5-9,14-15H2,1-4H3,(H,24,27)(H,25,28). The van der Waals surface area contributed by atoms with Crippen LogP contribution in [0.25, 0.3) is 0 Å². The molecule has 0 heterocycles. The molecule has 1 aromatic rings. The van der Waals surface area contributed by atoms with Crippen LogP contribution in [0, 0.1) is 0 Å². The van der Waals surface area contributed by atoms with E-state index in [0.29, 0.717) is 18.8 Å². The van der Waals surface area contributed by atoms with Crippen LogP contribution in [0.2, 0.25) is 0 Å². The maximum atomic E-state index is 14.3. The van der Waals surface area contributed by atoms with Crippen LogP contribution in [0.4, 0.5) is 9.18 Å².